The summed E-state index contributed by atoms with van der Waals surface area (Å²) in [4.78, 5) is 0. The Morgan fingerprint density at radius 1 is 1.40 bits per heavy atom. The van der Waals surface area contributed by atoms with Crippen LogP contribution in [0.4, 0.5) is 4.39 Å². The van der Waals surface area contributed by atoms with Crippen LogP contribution in [0.15, 0.2) is 18.2 Å². The van der Waals surface area contributed by atoms with Gasteiger partial charge in [0, 0.05) is 24.7 Å². The molecule has 108 valence electrons. The minimum atomic E-state index is -0.831. The smallest absolute Gasteiger partial charge is 0.124 e. The highest BCUT2D eigenvalue weighted by Crippen LogP contribution is 2.29. The largest absolute Gasteiger partial charge is 0.496 e. The van der Waals surface area contributed by atoms with E-state index in [0.717, 1.165) is 17.0 Å². The van der Waals surface area contributed by atoms with Gasteiger partial charge in [-0.1, -0.05) is 0 Å². The number of aliphatic hydroxyl groups is 1. The molecule has 1 N–H and O–H groups in total. The molecular formula is C15H19FN2O2. The number of methoxy groups -OCH3 is 1. The quantitative estimate of drug-likeness (QED) is 0.934. The van der Waals surface area contributed by atoms with Gasteiger partial charge >= 0.3 is 0 Å². The normalized spacial score (nSPS) is 12.5. The van der Waals surface area contributed by atoms with Gasteiger partial charge in [-0.2, -0.15) is 5.10 Å². The van der Waals surface area contributed by atoms with Crippen molar-refractivity contribution in [3.63, 3.8) is 0 Å². The van der Waals surface area contributed by atoms with Crippen LogP contribution in [0, 0.1) is 19.7 Å². The lowest BCUT2D eigenvalue weighted by Gasteiger charge is -2.15. The lowest BCUT2D eigenvalue weighted by atomic mass is 9.99. The van der Waals surface area contributed by atoms with Crippen LogP contribution in [0.25, 0.3) is 0 Å². The fourth-order valence-corrected chi connectivity index (χ4v) is 2.38. The molecule has 0 bridgehead atoms. The van der Waals surface area contributed by atoms with Crippen LogP contribution in [0.3, 0.4) is 0 Å². The fraction of sp³-hybridized carbons (Fsp3) is 0.400. The van der Waals surface area contributed by atoms with Gasteiger partial charge in [0.2, 0.25) is 0 Å². The Morgan fingerprint density at radius 2 is 2.10 bits per heavy atom. The first-order valence-corrected chi connectivity index (χ1v) is 6.44. The molecule has 0 saturated heterocycles. The Kier molecular flexibility index (Phi) is 4.09. The SMILES string of the molecule is COc1ccc(F)cc1C(O)Cc1c(C)nn(C)c1C. The van der Waals surface area contributed by atoms with Gasteiger partial charge in [-0.25, -0.2) is 4.39 Å². The first-order chi connectivity index (χ1) is 9.43. The highest BCUT2D eigenvalue weighted by Gasteiger charge is 2.19. The molecule has 4 nitrogen and oxygen atoms in total. The summed E-state index contributed by atoms with van der Waals surface area (Å²) in [5.74, 6) is 0.0950. The Hall–Kier alpha value is -1.88. The number of aliphatic hydroxyl groups excluding tert-OH is 1. The average molecular weight is 278 g/mol. The Balaban J connectivity index is 2.32. The lowest BCUT2D eigenvalue weighted by Crippen LogP contribution is -2.06. The van der Waals surface area contributed by atoms with Crippen LogP contribution in [-0.2, 0) is 13.5 Å². The van der Waals surface area contributed by atoms with Crippen molar-refractivity contribution in [3.05, 3.63) is 46.5 Å². The zero-order valence-electron chi connectivity index (χ0n) is 12.1. The Labute approximate surface area is 117 Å². The third kappa shape index (κ3) is 2.67. The highest BCUT2D eigenvalue weighted by atomic mass is 19.1. The number of ether oxygens (including phenoxy) is 1. The summed E-state index contributed by atoms with van der Waals surface area (Å²) in [6.07, 6.45) is -0.451. The van der Waals surface area contributed by atoms with Gasteiger partial charge in [-0.15, -0.1) is 0 Å². The van der Waals surface area contributed by atoms with Crippen molar-refractivity contribution < 1.29 is 14.2 Å². The third-order valence-electron chi connectivity index (χ3n) is 3.61. The van der Waals surface area contributed by atoms with Crippen molar-refractivity contribution in [3.8, 4) is 5.75 Å². The summed E-state index contributed by atoms with van der Waals surface area (Å²) in [6, 6.07) is 4.15. The predicted octanol–water partition coefficient (Wildman–Crippen LogP) is 2.46. The van der Waals surface area contributed by atoms with Crippen LogP contribution in [0.2, 0.25) is 0 Å². The molecule has 1 unspecified atom stereocenters. The number of aromatic nitrogens is 2. The van der Waals surface area contributed by atoms with Crippen molar-refractivity contribution in [2.45, 2.75) is 26.4 Å². The van der Waals surface area contributed by atoms with Crippen molar-refractivity contribution in [1.29, 1.82) is 0 Å². The lowest BCUT2D eigenvalue weighted by molar-refractivity contribution is 0.173. The van der Waals surface area contributed by atoms with Crippen molar-refractivity contribution in [2.24, 2.45) is 7.05 Å². The fourth-order valence-electron chi connectivity index (χ4n) is 2.38. The molecule has 0 spiro atoms. The summed E-state index contributed by atoms with van der Waals surface area (Å²) in [6.45, 7) is 3.85. The van der Waals surface area contributed by atoms with E-state index in [1.54, 1.807) is 4.68 Å². The number of rotatable bonds is 4. The van der Waals surface area contributed by atoms with Gasteiger partial charge in [-0.3, -0.25) is 4.68 Å². The summed E-state index contributed by atoms with van der Waals surface area (Å²) < 4.78 is 20.3. The van der Waals surface area contributed by atoms with Crippen LogP contribution in [-0.4, -0.2) is 22.0 Å². The van der Waals surface area contributed by atoms with E-state index in [-0.39, 0.29) is 5.82 Å². The van der Waals surface area contributed by atoms with Crippen LogP contribution < -0.4 is 4.74 Å². The van der Waals surface area contributed by atoms with Gasteiger partial charge in [0.25, 0.3) is 0 Å². The van der Waals surface area contributed by atoms with Gasteiger partial charge in [0.15, 0.2) is 0 Å². The number of nitrogens with zero attached hydrogens (tertiary/aromatic N) is 2. The Morgan fingerprint density at radius 3 is 2.65 bits per heavy atom. The van der Waals surface area contributed by atoms with E-state index in [4.69, 9.17) is 4.74 Å². The first-order valence-electron chi connectivity index (χ1n) is 6.44. The molecular weight excluding hydrogens is 259 g/mol. The minimum absolute atomic E-state index is 0.380. The highest BCUT2D eigenvalue weighted by molar-refractivity contribution is 5.37. The van der Waals surface area contributed by atoms with E-state index >= 15 is 0 Å². The van der Waals surface area contributed by atoms with Gasteiger partial charge in [0.05, 0.1) is 18.9 Å². The number of benzene rings is 1. The standard InChI is InChI=1S/C15H19FN2O2/c1-9-12(10(2)18(3)17-9)8-14(19)13-7-11(16)5-6-15(13)20-4/h5-7,14,19H,8H2,1-4H3. The molecule has 0 aliphatic carbocycles. The van der Waals surface area contributed by atoms with E-state index in [0.29, 0.717) is 17.7 Å². The van der Waals surface area contributed by atoms with E-state index < -0.39 is 6.10 Å². The Bertz CT molecular complexity index is 623. The third-order valence-corrected chi connectivity index (χ3v) is 3.61. The molecule has 20 heavy (non-hydrogen) atoms. The molecule has 0 saturated carbocycles. The summed E-state index contributed by atoms with van der Waals surface area (Å²) in [7, 11) is 3.37. The molecule has 2 rings (SSSR count). The molecule has 0 aliphatic heterocycles. The second kappa shape index (κ2) is 5.63. The van der Waals surface area contributed by atoms with E-state index in [2.05, 4.69) is 5.10 Å². The minimum Gasteiger partial charge on any atom is -0.496 e. The number of halogens is 1. The van der Waals surface area contributed by atoms with E-state index in [9.17, 15) is 9.50 Å². The molecule has 1 heterocycles. The van der Waals surface area contributed by atoms with Crippen LogP contribution in [0.1, 0.15) is 28.6 Å². The average Bonchev–Trinajstić information content (AvgIpc) is 2.65. The second-order valence-electron chi connectivity index (χ2n) is 4.88. The first kappa shape index (κ1) is 14.5. The van der Waals surface area contributed by atoms with E-state index in [1.165, 1.54) is 25.3 Å². The summed E-state index contributed by atoms with van der Waals surface area (Å²) in [5, 5.41) is 14.7. The molecule has 0 radical (unpaired) electrons. The maximum Gasteiger partial charge on any atom is 0.124 e. The van der Waals surface area contributed by atoms with Crippen molar-refractivity contribution >= 4 is 0 Å². The molecule has 2 aromatic rings. The molecule has 1 atom stereocenters. The van der Waals surface area contributed by atoms with Gasteiger partial charge in [-0.05, 0) is 37.6 Å². The number of hydrogen-bond donors (Lipinski definition) is 1. The van der Waals surface area contributed by atoms with Gasteiger partial charge in [0.1, 0.15) is 11.6 Å². The zero-order chi connectivity index (χ0) is 14.9. The summed E-state index contributed by atoms with van der Waals surface area (Å²) >= 11 is 0. The van der Waals surface area contributed by atoms with Crippen LogP contribution >= 0.6 is 0 Å². The monoisotopic (exact) mass is 278 g/mol. The molecule has 5 heteroatoms. The summed E-state index contributed by atoms with van der Waals surface area (Å²) in [5.41, 5.74) is 3.30. The second-order valence-corrected chi connectivity index (χ2v) is 4.88. The maximum atomic E-state index is 13.4. The molecule has 0 aliphatic rings. The van der Waals surface area contributed by atoms with E-state index in [1.807, 2.05) is 20.9 Å². The van der Waals surface area contributed by atoms with Crippen molar-refractivity contribution in [1.82, 2.24) is 9.78 Å². The topological polar surface area (TPSA) is 47.3 Å². The number of aryl methyl sites for hydroxylation is 2. The maximum absolute atomic E-state index is 13.4. The molecule has 1 aromatic carbocycles. The molecule has 0 amide bonds. The molecule has 1 aromatic heterocycles. The van der Waals surface area contributed by atoms with Crippen molar-refractivity contribution in [2.75, 3.05) is 7.11 Å². The molecule has 0 fully saturated rings. The predicted molar refractivity (Wildman–Crippen MR) is 74.3 cm³/mol. The van der Waals surface area contributed by atoms with Crippen LogP contribution in [0.5, 0.6) is 5.75 Å². The van der Waals surface area contributed by atoms with Gasteiger partial charge < -0.3 is 9.84 Å². The zero-order valence-corrected chi connectivity index (χ0v) is 12.1. The number of hydrogen-bond acceptors (Lipinski definition) is 3.